The minimum atomic E-state index is -0.906. The minimum Gasteiger partial charge on any atom is -0.485 e. The second-order valence-electron chi connectivity index (χ2n) is 4.01. The maximum absolute atomic E-state index is 13.3. The van der Waals surface area contributed by atoms with E-state index < -0.39 is 11.7 Å². The van der Waals surface area contributed by atoms with Crippen molar-refractivity contribution in [3.8, 4) is 5.75 Å². The van der Waals surface area contributed by atoms with Gasteiger partial charge in [0.1, 0.15) is 23.7 Å². The Balaban J connectivity index is 2.11. The number of Topliss-reactive ketones (excluding diaryl/α,β-unsaturated/α-hetero) is 1. The van der Waals surface area contributed by atoms with Crippen LogP contribution in [0.15, 0.2) is 18.2 Å². The summed E-state index contributed by atoms with van der Waals surface area (Å²) in [7, 11) is 0. The predicted octanol–water partition coefficient (Wildman–Crippen LogP) is 1.28. The Morgan fingerprint density at radius 1 is 1.41 bits per heavy atom. The van der Waals surface area contributed by atoms with Gasteiger partial charge in [0.05, 0.1) is 0 Å². The van der Waals surface area contributed by atoms with Gasteiger partial charge in [0.25, 0.3) is 5.91 Å². The van der Waals surface area contributed by atoms with Crippen LogP contribution in [0.4, 0.5) is 4.39 Å². The number of ether oxygens (including phenoxy) is 1. The summed E-state index contributed by atoms with van der Waals surface area (Å²) in [4.78, 5) is 22.5. The molecule has 90 valence electrons. The van der Waals surface area contributed by atoms with E-state index in [0.717, 1.165) is 18.9 Å². The number of nitrogens with two attached hydrogens (primary N) is 1. The molecule has 1 aromatic carbocycles. The number of carbonyl (C=O) groups is 2. The lowest BCUT2D eigenvalue weighted by Crippen LogP contribution is -2.18. The zero-order chi connectivity index (χ0) is 12.4. The van der Waals surface area contributed by atoms with Crippen LogP contribution in [0.5, 0.6) is 5.75 Å². The zero-order valence-corrected chi connectivity index (χ0v) is 9.11. The van der Waals surface area contributed by atoms with Crippen LogP contribution in [0.1, 0.15) is 23.2 Å². The van der Waals surface area contributed by atoms with Crippen molar-refractivity contribution in [2.75, 3.05) is 6.61 Å². The van der Waals surface area contributed by atoms with Gasteiger partial charge in [-0.1, -0.05) is 6.07 Å². The van der Waals surface area contributed by atoms with Gasteiger partial charge in [-0.15, -0.1) is 0 Å². The van der Waals surface area contributed by atoms with Crippen molar-refractivity contribution in [2.45, 2.75) is 12.8 Å². The molecule has 5 heteroatoms. The largest absolute Gasteiger partial charge is 0.485 e. The molecule has 0 spiro atoms. The van der Waals surface area contributed by atoms with E-state index in [0.29, 0.717) is 0 Å². The molecule has 0 unspecified atom stereocenters. The van der Waals surface area contributed by atoms with Crippen LogP contribution in [-0.4, -0.2) is 18.3 Å². The molecule has 0 radical (unpaired) electrons. The van der Waals surface area contributed by atoms with Crippen LogP contribution < -0.4 is 10.5 Å². The highest BCUT2D eigenvalue weighted by molar-refractivity contribution is 5.96. The van der Waals surface area contributed by atoms with E-state index in [4.69, 9.17) is 10.5 Å². The average Bonchev–Trinajstić information content (AvgIpc) is 3.08. The van der Waals surface area contributed by atoms with E-state index in [-0.39, 0.29) is 29.6 Å². The summed E-state index contributed by atoms with van der Waals surface area (Å²) in [6.45, 7) is -0.144. The molecule has 4 nitrogen and oxygen atoms in total. The standard InChI is InChI=1S/C12H12FNO3/c13-8-2-1-3-10(11(8)12(14)16)17-6-9(15)7-4-5-7/h1-3,7H,4-6H2,(H2,14,16). The molecule has 0 saturated heterocycles. The van der Waals surface area contributed by atoms with Crippen molar-refractivity contribution in [3.05, 3.63) is 29.6 Å². The predicted molar refractivity (Wildman–Crippen MR) is 58.1 cm³/mol. The number of hydrogen-bond donors (Lipinski definition) is 1. The molecule has 2 rings (SSSR count). The van der Waals surface area contributed by atoms with Gasteiger partial charge in [-0.3, -0.25) is 9.59 Å². The Labute approximate surface area is 97.6 Å². The van der Waals surface area contributed by atoms with Gasteiger partial charge in [0, 0.05) is 5.92 Å². The fourth-order valence-electron chi connectivity index (χ4n) is 1.54. The van der Waals surface area contributed by atoms with Crippen LogP contribution in [-0.2, 0) is 4.79 Å². The summed E-state index contributed by atoms with van der Waals surface area (Å²) < 4.78 is 18.5. The summed E-state index contributed by atoms with van der Waals surface area (Å²) in [6, 6.07) is 3.94. The lowest BCUT2D eigenvalue weighted by molar-refractivity contribution is -0.122. The van der Waals surface area contributed by atoms with E-state index in [1.54, 1.807) is 0 Å². The molecule has 0 atom stereocenters. The maximum Gasteiger partial charge on any atom is 0.255 e. The summed E-state index contributed by atoms with van der Waals surface area (Å²) >= 11 is 0. The number of amides is 1. The third kappa shape index (κ3) is 2.61. The number of hydrogen-bond acceptors (Lipinski definition) is 3. The lowest BCUT2D eigenvalue weighted by Gasteiger charge is -2.09. The number of rotatable bonds is 5. The molecular formula is C12H12FNO3. The number of halogens is 1. The number of primary amides is 1. The van der Waals surface area contributed by atoms with Gasteiger partial charge in [-0.2, -0.15) is 0 Å². The molecule has 1 fully saturated rings. The van der Waals surface area contributed by atoms with Gasteiger partial charge in [-0.25, -0.2) is 4.39 Å². The molecule has 0 aromatic heterocycles. The Morgan fingerprint density at radius 3 is 2.71 bits per heavy atom. The first-order valence-electron chi connectivity index (χ1n) is 5.33. The van der Waals surface area contributed by atoms with Gasteiger partial charge < -0.3 is 10.5 Å². The minimum absolute atomic E-state index is 0.0199. The molecule has 1 amide bonds. The van der Waals surface area contributed by atoms with Crippen LogP contribution in [0.3, 0.4) is 0 Å². The van der Waals surface area contributed by atoms with Gasteiger partial charge >= 0.3 is 0 Å². The van der Waals surface area contributed by atoms with Crippen LogP contribution in [0.2, 0.25) is 0 Å². The summed E-state index contributed by atoms with van der Waals surface area (Å²) in [5, 5.41) is 0. The second kappa shape index (κ2) is 4.53. The van der Waals surface area contributed by atoms with Gasteiger partial charge in [0.2, 0.25) is 0 Å². The third-order valence-electron chi connectivity index (χ3n) is 2.62. The van der Waals surface area contributed by atoms with Crippen molar-refractivity contribution in [1.29, 1.82) is 0 Å². The summed E-state index contributed by atoms with van der Waals surface area (Å²) in [6.07, 6.45) is 1.77. The first-order chi connectivity index (χ1) is 8.09. The molecule has 17 heavy (non-hydrogen) atoms. The smallest absolute Gasteiger partial charge is 0.255 e. The van der Waals surface area contributed by atoms with Crippen molar-refractivity contribution >= 4 is 11.7 Å². The molecule has 1 aromatic rings. The van der Waals surface area contributed by atoms with Crippen molar-refractivity contribution in [2.24, 2.45) is 11.7 Å². The third-order valence-corrected chi connectivity index (χ3v) is 2.62. The Bertz CT molecular complexity index is 469. The highest BCUT2D eigenvalue weighted by Gasteiger charge is 2.30. The monoisotopic (exact) mass is 237 g/mol. The highest BCUT2D eigenvalue weighted by Crippen LogP contribution is 2.30. The van der Waals surface area contributed by atoms with E-state index in [1.165, 1.54) is 12.1 Å². The van der Waals surface area contributed by atoms with Crippen molar-refractivity contribution < 1.29 is 18.7 Å². The molecule has 0 heterocycles. The fraction of sp³-hybridized carbons (Fsp3) is 0.333. The molecular weight excluding hydrogens is 225 g/mol. The van der Waals surface area contributed by atoms with E-state index in [2.05, 4.69) is 0 Å². The number of benzene rings is 1. The Kier molecular flexibility index (Phi) is 3.08. The summed E-state index contributed by atoms with van der Waals surface area (Å²) in [5.74, 6) is -1.58. The molecule has 1 aliphatic rings. The fourth-order valence-corrected chi connectivity index (χ4v) is 1.54. The number of ketones is 1. The van der Waals surface area contributed by atoms with E-state index in [9.17, 15) is 14.0 Å². The number of carbonyl (C=O) groups excluding carboxylic acids is 2. The molecule has 0 aliphatic heterocycles. The van der Waals surface area contributed by atoms with Crippen molar-refractivity contribution in [1.82, 2.24) is 0 Å². The Morgan fingerprint density at radius 2 is 2.12 bits per heavy atom. The second-order valence-corrected chi connectivity index (χ2v) is 4.01. The van der Waals surface area contributed by atoms with Crippen LogP contribution in [0.25, 0.3) is 0 Å². The Hall–Kier alpha value is -1.91. The van der Waals surface area contributed by atoms with Gasteiger partial charge in [-0.05, 0) is 25.0 Å². The topological polar surface area (TPSA) is 69.4 Å². The van der Waals surface area contributed by atoms with Gasteiger partial charge in [0.15, 0.2) is 5.78 Å². The quantitative estimate of drug-likeness (QED) is 0.838. The first kappa shape index (κ1) is 11.6. The highest BCUT2D eigenvalue weighted by atomic mass is 19.1. The average molecular weight is 237 g/mol. The lowest BCUT2D eigenvalue weighted by atomic mass is 10.2. The summed E-state index contributed by atoms with van der Waals surface area (Å²) in [5.41, 5.74) is 4.74. The van der Waals surface area contributed by atoms with Crippen LogP contribution in [0, 0.1) is 11.7 Å². The van der Waals surface area contributed by atoms with E-state index >= 15 is 0 Å². The molecule has 2 N–H and O–H groups in total. The van der Waals surface area contributed by atoms with Crippen LogP contribution >= 0.6 is 0 Å². The molecule has 1 saturated carbocycles. The molecule has 1 aliphatic carbocycles. The zero-order valence-electron chi connectivity index (χ0n) is 9.11. The maximum atomic E-state index is 13.3. The SMILES string of the molecule is NC(=O)c1c(F)cccc1OCC(=O)C1CC1. The van der Waals surface area contributed by atoms with Crippen molar-refractivity contribution in [3.63, 3.8) is 0 Å². The first-order valence-corrected chi connectivity index (χ1v) is 5.33. The normalized spacial score (nSPS) is 14.4. The van der Waals surface area contributed by atoms with E-state index in [1.807, 2.05) is 0 Å². The molecule has 0 bridgehead atoms.